The molecule has 3 N–H and O–H groups in total. The second kappa shape index (κ2) is 8.71. The number of rotatable bonds is 8. The van der Waals surface area contributed by atoms with Crippen molar-refractivity contribution in [3.63, 3.8) is 0 Å². The van der Waals surface area contributed by atoms with Crippen LogP contribution in [-0.4, -0.2) is 37.6 Å². The number of aryl methyl sites for hydroxylation is 1. The quantitative estimate of drug-likeness (QED) is 0.315. The molecule has 4 aromatic rings. The van der Waals surface area contributed by atoms with E-state index in [0.717, 1.165) is 46.2 Å². The average molecular weight is 392 g/mol. The molecule has 142 valence electrons. The first-order valence-electron chi connectivity index (χ1n) is 9.07. The molecule has 28 heavy (non-hydrogen) atoms. The number of aromatic nitrogens is 5. The lowest BCUT2D eigenvalue weighted by molar-refractivity contribution is 0.0953. The van der Waals surface area contributed by atoms with Crippen LogP contribution >= 0.6 is 11.8 Å². The van der Waals surface area contributed by atoms with Crippen molar-refractivity contribution in [3.8, 4) is 0 Å². The van der Waals surface area contributed by atoms with E-state index in [-0.39, 0.29) is 5.91 Å². The van der Waals surface area contributed by atoms with Gasteiger partial charge < -0.3 is 10.3 Å². The zero-order valence-corrected chi connectivity index (χ0v) is 16.0. The first kappa shape index (κ1) is 18.2. The fraction of sp³-hybridized carbons (Fsp3) is 0.200. The van der Waals surface area contributed by atoms with E-state index in [0.29, 0.717) is 12.1 Å². The van der Waals surface area contributed by atoms with Gasteiger partial charge in [0.05, 0.1) is 11.0 Å². The third-order valence-electron chi connectivity index (χ3n) is 4.30. The van der Waals surface area contributed by atoms with Gasteiger partial charge in [-0.25, -0.2) is 9.97 Å². The number of para-hydroxylation sites is 2. The van der Waals surface area contributed by atoms with E-state index < -0.39 is 0 Å². The number of hydrogen-bond acceptors (Lipinski definition) is 5. The molecule has 8 heteroatoms. The van der Waals surface area contributed by atoms with Crippen molar-refractivity contribution in [2.24, 2.45) is 0 Å². The fourth-order valence-electron chi connectivity index (χ4n) is 2.85. The van der Waals surface area contributed by atoms with Gasteiger partial charge in [-0.15, -0.1) is 0 Å². The first-order valence-corrected chi connectivity index (χ1v) is 10.1. The Hall–Kier alpha value is -3.13. The number of carbonyl (C=O) groups is 1. The molecule has 2 aromatic carbocycles. The van der Waals surface area contributed by atoms with E-state index in [9.17, 15) is 4.79 Å². The van der Waals surface area contributed by atoms with Crippen molar-refractivity contribution in [1.29, 1.82) is 0 Å². The summed E-state index contributed by atoms with van der Waals surface area (Å²) in [4.78, 5) is 24.2. The Morgan fingerprint density at radius 2 is 1.96 bits per heavy atom. The molecule has 7 nitrogen and oxygen atoms in total. The number of thioether (sulfide) groups is 1. The maximum Gasteiger partial charge on any atom is 0.251 e. The lowest BCUT2D eigenvalue weighted by Crippen LogP contribution is -2.24. The number of carbonyl (C=O) groups excluding carboxylic acids is 1. The molecule has 0 radical (unpaired) electrons. The van der Waals surface area contributed by atoms with Crippen molar-refractivity contribution in [2.45, 2.75) is 23.8 Å². The van der Waals surface area contributed by atoms with Crippen LogP contribution in [0.2, 0.25) is 0 Å². The van der Waals surface area contributed by atoms with Crippen molar-refractivity contribution in [2.75, 3.05) is 6.54 Å². The molecule has 0 bridgehead atoms. The third-order valence-corrected chi connectivity index (χ3v) is 5.25. The minimum Gasteiger partial charge on any atom is -0.352 e. The Labute approximate surface area is 166 Å². The maximum atomic E-state index is 12.3. The standard InChI is InChI=1S/C20H20N6OS/c27-19(15-9-7-14(8-10-15)12-28-20-22-13-23-26-20)21-11-3-6-18-24-16-4-1-2-5-17(16)25-18/h1-2,4-5,7-10,13H,3,6,11-12H2,(H,21,27)(H,24,25)(H,22,23,26). The number of hydrogen-bond donors (Lipinski definition) is 3. The average Bonchev–Trinajstić information content (AvgIpc) is 3.39. The van der Waals surface area contributed by atoms with Gasteiger partial charge in [0.25, 0.3) is 5.91 Å². The molecule has 0 aliphatic rings. The van der Waals surface area contributed by atoms with Gasteiger partial charge in [-0.1, -0.05) is 36.0 Å². The number of nitrogens with zero attached hydrogens (tertiary/aromatic N) is 3. The van der Waals surface area contributed by atoms with E-state index in [4.69, 9.17) is 0 Å². The number of aromatic amines is 2. The Morgan fingerprint density at radius 3 is 2.75 bits per heavy atom. The Kier molecular flexibility index (Phi) is 5.67. The molecule has 2 aromatic heterocycles. The van der Waals surface area contributed by atoms with E-state index in [1.807, 2.05) is 48.5 Å². The van der Waals surface area contributed by atoms with E-state index in [1.165, 1.54) is 6.33 Å². The Morgan fingerprint density at radius 1 is 1.11 bits per heavy atom. The van der Waals surface area contributed by atoms with Crippen molar-refractivity contribution < 1.29 is 4.79 Å². The summed E-state index contributed by atoms with van der Waals surface area (Å²) in [6.45, 7) is 0.610. The summed E-state index contributed by atoms with van der Waals surface area (Å²) in [5.74, 6) is 1.66. The van der Waals surface area contributed by atoms with Crippen LogP contribution in [-0.2, 0) is 12.2 Å². The normalized spacial score (nSPS) is 11.0. The van der Waals surface area contributed by atoms with Crippen molar-refractivity contribution >= 4 is 28.7 Å². The highest BCUT2D eigenvalue weighted by atomic mass is 32.2. The van der Waals surface area contributed by atoms with Crippen molar-refractivity contribution in [1.82, 2.24) is 30.5 Å². The molecule has 1 amide bonds. The zero-order valence-electron chi connectivity index (χ0n) is 15.2. The molecule has 0 atom stereocenters. The predicted octanol–water partition coefficient (Wildman–Crippen LogP) is 3.34. The van der Waals surface area contributed by atoms with Crippen LogP contribution in [0.25, 0.3) is 11.0 Å². The van der Waals surface area contributed by atoms with Crippen LogP contribution < -0.4 is 5.32 Å². The number of fused-ring (bicyclic) bond motifs is 1. The molecule has 0 saturated carbocycles. The predicted molar refractivity (Wildman–Crippen MR) is 109 cm³/mol. The van der Waals surface area contributed by atoms with Gasteiger partial charge in [-0.3, -0.25) is 9.89 Å². The summed E-state index contributed by atoms with van der Waals surface area (Å²) in [5.41, 5.74) is 3.81. The molecule has 0 aliphatic heterocycles. The minimum atomic E-state index is -0.0564. The fourth-order valence-corrected chi connectivity index (χ4v) is 3.59. The molecule has 0 saturated heterocycles. The van der Waals surface area contributed by atoms with Crippen LogP contribution in [0.1, 0.15) is 28.2 Å². The summed E-state index contributed by atoms with van der Waals surface area (Å²) in [6, 6.07) is 15.6. The lowest BCUT2D eigenvalue weighted by Gasteiger charge is -2.06. The van der Waals surface area contributed by atoms with Gasteiger partial charge >= 0.3 is 0 Å². The SMILES string of the molecule is O=C(NCCCc1nc2ccccc2[nH]1)c1ccc(CSc2ncn[nH]2)cc1. The first-order chi connectivity index (χ1) is 13.8. The smallest absolute Gasteiger partial charge is 0.251 e. The maximum absolute atomic E-state index is 12.3. The number of H-pyrrole nitrogens is 2. The summed E-state index contributed by atoms with van der Waals surface area (Å²) < 4.78 is 0. The molecule has 4 rings (SSSR count). The molecular formula is C20H20N6OS. The van der Waals surface area contributed by atoms with Crippen molar-refractivity contribution in [3.05, 3.63) is 71.8 Å². The van der Waals surface area contributed by atoms with Crippen LogP contribution in [0, 0.1) is 0 Å². The number of benzene rings is 2. The van der Waals surface area contributed by atoms with Crippen LogP contribution in [0.3, 0.4) is 0 Å². The number of imidazole rings is 1. The third kappa shape index (κ3) is 4.58. The molecule has 0 fully saturated rings. The summed E-state index contributed by atoms with van der Waals surface area (Å²) in [6.07, 6.45) is 3.12. The topological polar surface area (TPSA) is 99.3 Å². The van der Waals surface area contributed by atoms with Gasteiger partial charge in [0, 0.05) is 24.3 Å². The van der Waals surface area contributed by atoms with E-state index >= 15 is 0 Å². The van der Waals surface area contributed by atoms with E-state index in [2.05, 4.69) is 30.5 Å². The molecule has 0 spiro atoms. The highest BCUT2D eigenvalue weighted by Gasteiger charge is 2.06. The second-order valence-electron chi connectivity index (χ2n) is 6.34. The largest absolute Gasteiger partial charge is 0.352 e. The van der Waals surface area contributed by atoms with Crippen LogP contribution in [0.4, 0.5) is 0 Å². The monoisotopic (exact) mass is 392 g/mol. The van der Waals surface area contributed by atoms with E-state index in [1.54, 1.807) is 11.8 Å². The van der Waals surface area contributed by atoms with Gasteiger partial charge in [-0.05, 0) is 36.2 Å². The highest BCUT2D eigenvalue weighted by Crippen LogP contribution is 2.18. The molecule has 2 heterocycles. The summed E-state index contributed by atoms with van der Waals surface area (Å²) >= 11 is 1.57. The molecule has 0 unspecified atom stereocenters. The molecular weight excluding hydrogens is 372 g/mol. The Balaban J connectivity index is 1.22. The summed E-state index contributed by atoms with van der Waals surface area (Å²) in [7, 11) is 0. The van der Waals surface area contributed by atoms with Gasteiger partial charge in [0.1, 0.15) is 12.2 Å². The lowest BCUT2D eigenvalue weighted by atomic mass is 10.1. The van der Waals surface area contributed by atoms with Crippen LogP contribution in [0.5, 0.6) is 0 Å². The minimum absolute atomic E-state index is 0.0564. The van der Waals surface area contributed by atoms with Gasteiger partial charge in [0.15, 0.2) is 5.16 Å². The number of nitrogens with one attached hydrogen (secondary N) is 3. The zero-order chi connectivity index (χ0) is 19.2. The molecule has 0 aliphatic carbocycles. The number of amides is 1. The van der Waals surface area contributed by atoms with Gasteiger partial charge in [-0.2, -0.15) is 5.10 Å². The van der Waals surface area contributed by atoms with Gasteiger partial charge in [0.2, 0.25) is 0 Å². The highest BCUT2D eigenvalue weighted by molar-refractivity contribution is 7.98. The Bertz CT molecular complexity index is 1010. The second-order valence-corrected chi connectivity index (χ2v) is 7.30. The summed E-state index contributed by atoms with van der Waals surface area (Å²) in [5, 5.41) is 10.4. The van der Waals surface area contributed by atoms with Crippen LogP contribution in [0.15, 0.2) is 60.0 Å².